The van der Waals surface area contributed by atoms with Crippen molar-refractivity contribution in [1.82, 2.24) is 9.78 Å². The molecular formula is C12H21BrN2O2. The van der Waals surface area contributed by atoms with Crippen LogP contribution in [-0.2, 0) is 11.3 Å². The van der Waals surface area contributed by atoms with Gasteiger partial charge in [-0.2, -0.15) is 5.10 Å². The van der Waals surface area contributed by atoms with Gasteiger partial charge < -0.3 is 9.84 Å². The molecule has 0 aromatic carbocycles. The van der Waals surface area contributed by atoms with Gasteiger partial charge in [0.25, 0.3) is 0 Å². The van der Waals surface area contributed by atoms with E-state index in [1.165, 1.54) is 0 Å². The van der Waals surface area contributed by atoms with Crippen LogP contribution >= 0.6 is 15.9 Å². The smallest absolute Gasteiger partial charge is 0.0995 e. The number of hydrogen-bond acceptors (Lipinski definition) is 3. The van der Waals surface area contributed by atoms with E-state index in [1.807, 2.05) is 0 Å². The molecule has 0 spiro atoms. The highest BCUT2D eigenvalue weighted by molar-refractivity contribution is 9.10. The van der Waals surface area contributed by atoms with Crippen molar-refractivity contribution >= 4 is 15.9 Å². The van der Waals surface area contributed by atoms with E-state index in [9.17, 15) is 5.11 Å². The molecule has 0 radical (unpaired) electrons. The van der Waals surface area contributed by atoms with Crippen molar-refractivity contribution < 1.29 is 9.84 Å². The normalized spacial score (nSPS) is 15.2. The Balaban J connectivity index is 2.91. The first-order chi connectivity index (χ1) is 7.99. The standard InChI is InChI=1S/C12H21BrN2O2/c1-8(2)9(3)12(16)11-10(13)7-14-15(11)5-6-17-4/h7-9,12,16H,5-6H2,1-4H3. The van der Waals surface area contributed by atoms with Gasteiger partial charge in [0.15, 0.2) is 0 Å². The number of aliphatic hydroxyl groups excluding tert-OH is 1. The number of rotatable bonds is 6. The Bertz CT molecular complexity index is 352. The van der Waals surface area contributed by atoms with Crippen molar-refractivity contribution in [2.75, 3.05) is 13.7 Å². The summed E-state index contributed by atoms with van der Waals surface area (Å²) in [7, 11) is 1.66. The Labute approximate surface area is 111 Å². The van der Waals surface area contributed by atoms with Crippen LogP contribution < -0.4 is 0 Å². The second-order valence-corrected chi connectivity index (χ2v) is 5.50. The van der Waals surface area contributed by atoms with Gasteiger partial charge in [-0.15, -0.1) is 0 Å². The van der Waals surface area contributed by atoms with Crippen LogP contribution in [0, 0.1) is 11.8 Å². The largest absolute Gasteiger partial charge is 0.386 e. The predicted molar refractivity (Wildman–Crippen MR) is 70.8 cm³/mol. The number of aromatic nitrogens is 2. The molecule has 1 aromatic rings. The van der Waals surface area contributed by atoms with Gasteiger partial charge in [0.1, 0.15) is 0 Å². The van der Waals surface area contributed by atoms with Crippen molar-refractivity contribution in [3.8, 4) is 0 Å². The molecule has 1 N–H and O–H groups in total. The van der Waals surface area contributed by atoms with Crippen LogP contribution in [0.3, 0.4) is 0 Å². The predicted octanol–water partition coefficient (Wildman–Crippen LogP) is 2.62. The van der Waals surface area contributed by atoms with Crippen LogP contribution in [0.25, 0.3) is 0 Å². The Morgan fingerprint density at radius 1 is 1.47 bits per heavy atom. The fourth-order valence-electron chi connectivity index (χ4n) is 1.64. The van der Waals surface area contributed by atoms with E-state index in [0.29, 0.717) is 19.1 Å². The van der Waals surface area contributed by atoms with Crippen LogP contribution in [-0.4, -0.2) is 28.6 Å². The van der Waals surface area contributed by atoms with E-state index in [-0.39, 0.29) is 5.92 Å². The van der Waals surface area contributed by atoms with Gasteiger partial charge in [-0.25, -0.2) is 0 Å². The average molecular weight is 305 g/mol. The molecular weight excluding hydrogens is 284 g/mol. The zero-order valence-corrected chi connectivity index (χ0v) is 12.4. The van der Waals surface area contributed by atoms with Crippen molar-refractivity contribution in [3.63, 3.8) is 0 Å². The molecule has 0 saturated heterocycles. The lowest BCUT2D eigenvalue weighted by atomic mass is 9.90. The second kappa shape index (κ2) is 6.52. The van der Waals surface area contributed by atoms with Crippen molar-refractivity contribution in [1.29, 1.82) is 0 Å². The van der Waals surface area contributed by atoms with E-state index in [1.54, 1.807) is 18.0 Å². The second-order valence-electron chi connectivity index (χ2n) is 4.64. The Kier molecular flexibility index (Phi) is 5.62. The lowest BCUT2D eigenvalue weighted by molar-refractivity contribution is 0.0805. The number of nitrogens with zero attached hydrogens (tertiary/aromatic N) is 2. The van der Waals surface area contributed by atoms with E-state index < -0.39 is 6.10 Å². The zero-order valence-electron chi connectivity index (χ0n) is 10.9. The first-order valence-electron chi connectivity index (χ1n) is 5.87. The molecule has 0 fully saturated rings. The van der Waals surface area contributed by atoms with Gasteiger partial charge in [0.2, 0.25) is 0 Å². The van der Waals surface area contributed by atoms with Crippen molar-refractivity contribution in [2.24, 2.45) is 11.8 Å². The minimum atomic E-state index is -0.510. The summed E-state index contributed by atoms with van der Waals surface area (Å²) in [6, 6.07) is 0. The first-order valence-corrected chi connectivity index (χ1v) is 6.66. The van der Waals surface area contributed by atoms with E-state index >= 15 is 0 Å². The molecule has 1 aromatic heterocycles. The Morgan fingerprint density at radius 3 is 2.65 bits per heavy atom. The van der Waals surface area contributed by atoms with Gasteiger partial charge in [0.05, 0.1) is 35.6 Å². The van der Waals surface area contributed by atoms with E-state index in [0.717, 1.165) is 10.2 Å². The van der Waals surface area contributed by atoms with Gasteiger partial charge in [-0.05, 0) is 27.8 Å². The molecule has 2 atom stereocenters. The van der Waals surface area contributed by atoms with E-state index in [4.69, 9.17) is 4.74 Å². The molecule has 1 rings (SSSR count). The van der Waals surface area contributed by atoms with Gasteiger partial charge in [-0.3, -0.25) is 4.68 Å². The SMILES string of the molecule is COCCn1ncc(Br)c1C(O)C(C)C(C)C. The molecule has 98 valence electrons. The Morgan fingerprint density at radius 2 is 2.12 bits per heavy atom. The lowest BCUT2D eigenvalue weighted by Crippen LogP contribution is -2.20. The molecule has 0 bridgehead atoms. The van der Waals surface area contributed by atoms with Gasteiger partial charge in [0, 0.05) is 7.11 Å². The number of hydrogen-bond donors (Lipinski definition) is 1. The van der Waals surface area contributed by atoms with Crippen LogP contribution in [0.15, 0.2) is 10.7 Å². The quantitative estimate of drug-likeness (QED) is 0.879. The summed E-state index contributed by atoms with van der Waals surface area (Å²) < 4.78 is 7.70. The third-order valence-corrected chi connectivity index (χ3v) is 3.78. The minimum absolute atomic E-state index is 0.185. The summed E-state index contributed by atoms with van der Waals surface area (Å²) >= 11 is 3.44. The number of halogens is 1. The maximum absolute atomic E-state index is 10.4. The Hall–Kier alpha value is -0.390. The van der Waals surface area contributed by atoms with Crippen LogP contribution in [0.2, 0.25) is 0 Å². The van der Waals surface area contributed by atoms with Crippen LogP contribution in [0.4, 0.5) is 0 Å². The average Bonchev–Trinajstić information content (AvgIpc) is 2.65. The first kappa shape index (κ1) is 14.7. The molecule has 5 heteroatoms. The molecule has 0 aliphatic heterocycles. The third-order valence-electron chi connectivity index (χ3n) is 3.17. The highest BCUT2D eigenvalue weighted by atomic mass is 79.9. The van der Waals surface area contributed by atoms with Gasteiger partial charge >= 0.3 is 0 Å². The van der Waals surface area contributed by atoms with Crippen LogP contribution in [0.1, 0.15) is 32.6 Å². The molecule has 0 saturated carbocycles. The highest BCUT2D eigenvalue weighted by Crippen LogP contribution is 2.32. The number of methoxy groups -OCH3 is 1. The maximum Gasteiger partial charge on any atom is 0.0995 e. The molecule has 1 heterocycles. The van der Waals surface area contributed by atoms with Crippen molar-refractivity contribution in [3.05, 3.63) is 16.4 Å². The number of ether oxygens (including phenoxy) is 1. The van der Waals surface area contributed by atoms with Crippen molar-refractivity contribution in [2.45, 2.75) is 33.4 Å². The summed E-state index contributed by atoms with van der Waals surface area (Å²) in [6.07, 6.45) is 1.21. The summed E-state index contributed by atoms with van der Waals surface area (Å²) in [6.45, 7) is 7.51. The summed E-state index contributed by atoms with van der Waals surface area (Å²) in [4.78, 5) is 0. The van der Waals surface area contributed by atoms with E-state index in [2.05, 4.69) is 41.8 Å². The molecule has 0 amide bonds. The monoisotopic (exact) mass is 304 g/mol. The number of aliphatic hydroxyl groups is 1. The minimum Gasteiger partial charge on any atom is -0.386 e. The van der Waals surface area contributed by atoms with Crippen LogP contribution in [0.5, 0.6) is 0 Å². The lowest BCUT2D eigenvalue weighted by Gasteiger charge is -2.23. The molecule has 0 aliphatic carbocycles. The third kappa shape index (κ3) is 3.53. The summed E-state index contributed by atoms with van der Waals surface area (Å²) in [5.41, 5.74) is 0.836. The fourth-order valence-corrected chi connectivity index (χ4v) is 2.17. The zero-order chi connectivity index (χ0) is 13.0. The fraction of sp³-hybridized carbons (Fsp3) is 0.750. The maximum atomic E-state index is 10.4. The molecule has 17 heavy (non-hydrogen) atoms. The molecule has 4 nitrogen and oxygen atoms in total. The molecule has 0 aliphatic rings. The summed E-state index contributed by atoms with van der Waals surface area (Å²) in [5, 5.41) is 14.6. The van der Waals surface area contributed by atoms with Gasteiger partial charge in [-0.1, -0.05) is 20.8 Å². The highest BCUT2D eigenvalue weighted by Gasteiger charge is 2.25. The topological polar surface area (TPSA) is 47.3 Å². The summed E-state index contributed by atoms with van der Waals surface area (Å²) in [5.74, 6) is 0.604. The molecule has 2 unspecified atom stereocenters.